The molecule has 8 aromatic carbocycles. The van der Waals surface area contributed by atoms with Crippen molar-refractivity contribution in [3.05, 3.63) is 222 Å². The van der Waals surface area contributed by atoms with E-state index < -0.39 is 69.4 Å². The number of hydrogen-bond acceptors (Lipinski definition) is 4. The fraction of sp³-hybridized carbons (Fsp3) is 0.270. The van der Waals surface area contributed by atoms with Crippen LogP contribution < -0.4 is 14.5 Å². The molecule has 0 spiro atoms. The van der Waals surface area contributed by atoms with Gasteiger partial charge in [-0.1, -0.05) is 198 Å². The summed E-state index contributed by atoms with van der Waals surface area (Å²) in [5.41, 5.74) is 3.45. The van der Waals surface area contributed by atoms with Gasteiger partial charge in [-0.15, -0.1) is 48.1 Å². The van der Waals surface area contributed by atoms with Gasteiger partial charge in [0.15, 0.2) is 0 Å². The van der Waals surface area contributed by atoms with Crippen molar-refractivity contribution in [1.29, 1.82) is 0 Å². The summed E-state index contributed by atoms with van der Waals surface area (Å²) in [6.07, 6.45) is 2.92. The summed E-state index contributed by atoms with van der Waals surface area (Å²) < 4.78 is 157. The van der Waals surface area contributed by atoms with Gasteiger partial charge < -0.3 is 19.1 Å². The maximum absolute atomic E-state index is 10.4. The van der Waals surface area contributed by atoms with Crippen LogP contribution in [0.15, 0.2) is 176 Å². The van der Waals surface area contributed by atoms with E-state index in [1.54, 1.807) is 34.9 Å². The Labute approximate surface area is 512 Å². The molecule has 0 amide bonds. The molecule has 12 rings (SSSR count). The first-order valence-corrected chi connectivity index (χ1v) is 26.9. The largest absolute Gasteiger partial charge is 0.509 e. The quantitative estimate of drug-likeness (QED) is 0.142. The number of ether oxygens (including phenoxy) is 1. The second-order valence-corrected chi connectivity index (χ2v) is 25.3. The third-order valence-electron chi connectivity index (χ3n) is 15.5. The van der Waals surface area contributed by atoms with Crippen LogP contribution in [0.2, 0.25) is 0 Å². The van der Waals surface area contributed by atoms with Gasteiger partial charge in [-0.25, -0.2) is 4.98 Å². The zero-order valence-electron chi connectivity index (χ0n) is 63.5. The predicted octanol–water partition coefficient (Wildman–Crippen LogP) is 20.2. The molecule has 408 valence electrons. The number of benzene rings is 8. The van der Waals surface area contributed by atoms with Gasteiger partial charge in [0.2, 0.25) is 0 Å². The fourth-order valence-corrected chi connectivity index (χ4v) is 10.9. The zero-order valence-corrected chi connectivity index (χ0v) is 49.8. The maximum Gasteiger partial charge on any atom is 0.135 e. The van der Waals surface area contributed by atoms with Crippen LogP contribution in [0.3, 0.4) is 0 Å². The molecule has 10 aromatic rings. The fourth-order valence-electron chi connectivity index (χ4n) is 10.9. The summed E-state index contributed by atoms with van der Waals surface area (Å²) in [7, 11) is 0. The van der Waals surface area contributed by atoms with Crippen LogP contribution in [0.5, 0.6) is 11.5 Å². The smallest absolute Gasteiger partial charge is 0.135 e. The van der Waals surface area contributed by atoms with Crippen LogP contribution in [-0.4, -0.2) is 9.55 Å². The molecule has 0 fully saturated rings. The van der Waals surface area contributed by atoms with Crippen LogP contribution >= 0.6 is 0 Å². The number of nitrogens with zero attached hydrogens (tertiary/aromatic N) is 4. The van der Waals surface area contributed by atoms with Crippen molar-refractivity contribution < 1.29 is 47.7 Å². The molecule has 1 aliphatic carbocycles. The van der Waals surface area contributed by atoms with Crippen LogP contribution in [0.1, 0.15) is 153 Å². The first-order chi connectivity index (χ1) is 44.2. The summed E-state index contributed by atoms with van der Waals surface area (Å²) in [5, 5.41) is 0.597. The van der Waals surface area contributed by atoms with Crippen molar-refractivity contribution in [2.75, 3.05) is 9.80 Å². The molecule has 0 unspecified atom stereocenters. The molecule has 2 aliphatic rings. The molecule has 3 heterocycles. The Hall–Kier alpha value is -7.20. The van der Waals surface area contributed by atoms with Gasteiger partial charge in [0.05, 0.1) is 21.9 Å². The molecule has 2 aromatic heterocycles. The molecule has 0 saturated heterocycles. The first-order valence-electron chi connectivity index (χ1n) is 34.9. The molecular weight excluding hydrogens is 1160 g/mol. The predicted molar refractivity (Wildman–Crippen MR) is 332 cm³/mol. The van der Waals surface area contributed by atoms with Crippen LogP contribution in [0.25, 0.3) is 61.0 Å². The van der Waals surface area contributed by atoms with Crippen molar-refractivity contribution in [1.82, 2.24) is 9.55 Å². The van der Waals surface area contributed by atoms with E-state index >= 15 is 0 Å². The molecule has 0 N–H and O–H groups in total. The molecule has 0 saturated carbocycles. The van der Waals surface area contributed by atoms with Gasteiger partial charge in [0.25, 0.3) is 0 Å². The Kier molecular flexibility index (Phi) is 9.66. The normalized spacial score (nSPS) is 17.8. The molecule has 0 atom stereocenters. The van der Waals surface area contributed by atoms with E-state index in [2.05, 4.69) is 39.8 Å². The summed E-state index contributed by atoms with van der Waals surface area (Å²) in [6, 6.07) is 23.8. The van der Waals surface area contributed by atoms with Crippen molar-refractivity contribution in [2.24, 2.45) is 0 Å². The minimum atomic E-state index is -0.764. The minimum Gasteiger partial charge on any atom is -0.509 e. The van der Waals surface area contributed by atoms with Crippen molar-refractivity contribution in [2.45, 2.75) is 130 Å². The van der Waals surface area contributed by atoms with Crippen LogP contribution in [-0.2, 0) is 48.1 Å². The van der Waals surface area contributed by atoms with Gasteiger partial charge in [0.1, 0.15) is 5.82 Å². The Balaban J connectivity index is 0.00000936. The Morgan fingerprint density at radius 3 is 1.86 bits per heavy atom. The molecule has 0 radical (unpaired) electrons. The standard InChI is InChI=1S/C74H73N4O.Pt/c1-70(2,3)51-33-30-49(31-34-51)58-41-52(71(4,5)6)42-59(50-32-37-61-63(40-50)74(12,13)39-38-73(61,10)11)69(58)77-47-76(65-28-19-20-29-66(65)77)53-24-21-25-54(43-53)79-55-35-36-57-56-26-17-18-27-64(56)78(67(57)44-55)68-45-62(72(7,8)9)60(46-75-68)48-22-15-14-16-23-48;/h14-37,40-42,45-47H,38-39H2,1-13H3;/q-3;/i14D,15D,16D,17D,18D,22D,23D,26D,27D,30D,31D,32D,33D,34D,37D,40D;. The van der Waals surface area contributed by atoms with Gasteiger partial charge in [0, 0.05) is 78.0 Å². The Morgan fingerprint density at radius 2 is 1.18 bits per heavy atom. The van der Waals surface area contributed by atoms with Gasteiger partial charge >= 0.3 is 0 Å². The second kappa shape index (κ2) is 20.1. The number of fused-ring (bicyclic) bond motifs is 5. The van der Waals surface area contributed by atoms with E-state index in [9.17, 15) is 12.3 Å². The van der Waals surface area contributed by atoms with E-state index in [1.165, 1.54) is 6.20 Å². The maximum atomic E-state index is 10.4. The monoisotopic (exact) mass is 1240 g/mol. The summed E-state index contributed by atoms with van der Waals surface area (Å²) in [4.78, 5) is 8.63. The van der Waals surface area contributed by atoms with E-state index in [4.69, 9.17) is 19.3 Å². The third-order valence-corrected chi connectivity index (χ3v) is 15.5. The second-order valence-electron chi connectivity index (χ2n) is 25.3. The molecular formula is C74H73N4OPt-3. The minimum absolute atomic E-state index is 0. The molecule has 6 heteroatoms. The number of rotatable bonds is 8. The van der Waals surface area contributed by atoms with Crippen LogP contribution in [0, 0.1) is 18.8 Å². The number of anilines is 4. The average molecular weight is 1250 g/mol. The van der Waals surface area contributed by atoms with Crippen molar-refractivity contribution >= 4 is 44.6 Å². The Bertz CT molecular complexity index is 4900. The molecule has 1 aliphatic heterocycles. The summed E-state index contributed by atoms with van der Waals surface area (Å²) in [6.45, 7) is 27.5. The third kappa shape index (κ3) is 9.88. The Morgan fingerprint density at radius 1 is 0.562 bits per heavy atom. The number of para-hydroxylation sites is 3. The van der Waals surface area contributed by atoms with E-state index in [-0.39, 0.29) is 131 Å². The van der Waals surface area contributed by atoms with E-state index in [0.717, 1.165) is 18.4 Å². The van der Waals surface area contributed by atoms with Crippen LogP contribution in [0.4, 0.5) is 22.7 Å². The van der Waals surface area contributed by atoms with Gasteiger partial charge in [-0.2, -0.15) is 12.1 Å². The number of aromatic nitrogens is 2. The van der Waals surface area contributed by atoms with Crippen molar-refractivity contribution in [3.63, 3.8) is 0 Å². The SMILES string of the molecule is [2H]c1c([2H])c([2H])c(-c2cnc(-n3c4[c-]c(Oc5[c-]c(N6[CH-]N(c7c(-c8c([2H])c([2H])c(C(C)(C)C)c([2H])c8[2H])cc(C(C)(C)C)cc7-c7c([2H])c([2H])c8c(c7[2H])C(C)(C)CCC8(C)C)c7ccccc76)ccc5)ccc4c4c([2H])c([2H])c([2H])c([2H])c43)cc2C(C)(C)C)c([2H])c1[2H].[Pt]. The van der Waals surface area contributed by atoms with Gasteiger partial charge in [-0.3, -0.25) is 0 Å². The zero-order chi connectivity index (χ0) is 69.3. The van der Waals surface area contributed by atoms with E-state index in [0.29, 0.717) is 61.5 Å². The van der Waals surface area contributed by atoms with Crippen molar-refractivity contribution in [3.8, 4) is 50.7 Å². The number of pyridine rings is 1. The number of hydrogen-bond donors (Lipinski definition) is 0. The average Bonchev–Trinajstić information content (AvgIpc) is 1.21. The molecule has 0 bridgehead atoms. The summed E-state index contributed by atoms with van der Waals surface area (Å²) >= 11 is 0. The van der Waals surface area contributed by atoms with E-state index in [1.807, 2.05) is 121 Å². The molecule has 5 nitrogen and oxygen atoms in total. The topological polar surface area (TPSA) is 33.5 Å². The van der Waals surface area contributed by atoms with Gasteiger partial charge in [-0.05, 0) is 126 Å². The summed E-state index contributed by atoms with van der Waals surface area (Å²) in [5.74, 6) is 0.588. The molecule has 80 heavy (non-hydrogen) atoms. The first kappa shape index (κ1) is 38.4.